The first-order valence-corrected chi connectivity index (χ1v) is 8.09. The Morgan fingerprint density at radius 1 is 1.20 bits per heavy atom. The van der Waals surface area contributed by atoms with Crippen molar-refractivity contribution in [1.82, 2.24) is 4.98 Å². The van der Waals surface area contributed by atoms with Gasteiger partial charge in [-0.15, -0.1) is 0 Å². The SMILES string of the molecule is Cc1ccc(C(Br)Cc2nc3ccccc3o2)cc1Br. The Morgan fingerprint density at radius 2 is 2.00 bits per heavy atom. The Kier molecular flexibility index (Phi) is 3.94. The second-order valence-electron chi connectivity index (χ2n) is 4.76. The van der Waals surface area contributed by atoms with Gasteiger partial charge in [0, 0.05) is 15.7 Å². The molecule has 1 heterocycles. The number of nitrogens with zero attached hydrogens (tertiary/aromatic N) is 1. The van der Waals surface area contributed by atoms with Crippen LogP contribution in [0.2, 0.25) is 0 Å². The zero-order valence-electron chi connectivity index (χ0n) is 10.9. The Balaban J connectivity index is 1.84. The van der Waals surface area contributed by atoms with Gasteiger partial charge in [0.1, 0.15) is 5.52 Å². The van der Waals surface area contributed by atoms with Gasteiger partial charge in [-0.25, -0.2) is 4.98 Å². The Hall–Kier alpha value is -1.13. The summed E-state index contributed by atoms with van der Waals surface area (Å²) in [5.74, 6) is 0.754. The van der Waals surface area contributed by atoms with Crippen molar-refractivity contribution in [1.29, 1.82) is 0 Å². The lowest BCUT2D eigenvalue weighted by Crippen LogP contribution is -1.96. The summed E-state index contributed by atoms with van der Waals surface area (Å²) in [4.78, 5) is 4.70. The minimum atomic E-state index is 0.187. The molecular weight excluding hydrogens is 382 g/mol. The molecule has 0 bridgehead atoms. The van der Waals surface area contributed by atoms with E-state index in [1.807, 2.05) is 24.3 Å². The van der Waals surface area contributed by atoms with Crippen molar-refractivity contribution >= 4 is 43.0 Å². The van der Waals surface area contributed by atoms with Gasteiger partial charge in [0.2, 0.25) is 0 Å². The lowest BCUT2D eigenvalue weighted by Gasteiger charge is -2.09. The van der Waals surface area contributed by atoms with Crippen LogP contribution in [0, 0.1) is 6.92 Å². The van der Waals surface area contributed by atoms with Crippen molar-refractivity contribution in [2.75, 3.05) is 0 Å². The van der Waals surface area contributed by atoms with E-state index in [4.69, 9.17) is 4.42 Å². The quantitative estimate of drug-likeness (QED) is 0.542. The highest BCUT2D eigenvalue weighted by Gasteiger charge is 2.14. The number of benzene rings is 2. The monoisotopic (exact) mass is 393 g/mol. The topological polar surface area (TPSA) is 26.0 Å². The molecule has 102 valence electrons. The van der Waals surface area contributed by atoms with Crippen molar-refractivity contribution < 1.29 is 4.42 Å². The molecule has 0 aliphatic rings. The van der Waals surface area contributed by atoms with Gasteiger partial charge in [-0.3, -0.25) is 0 Å². The third-order valence-electron chi connectivity index (χ3n) is 3.25. The highest BCUT2D eigenvalue weighted by atomic mass is 79.9. The molecule has 0 N–H and O–H groups in total. The maximum atomic E-state index is 5.76. The molecular formula is C16H13Br2NO. The molecule has 1 atom stereocenters. The molecule has 2 nitrogen and oxygen atoms in total. The van der Waals surface area contributed by atoms with Gasteiger partial charge in [0.05, 0.1) is 0 Å². The normalized spacial score (nSPS) is 12.8. The van der Waals surface area contributed by atoms with Crippen molar-refractivity contribution in [3.8, 4) is 0 Å². The van der Waals surface area contributed by atoms with E-state index in [9.17, 15) is 0 Å². The van der Waals surface area contributed by atoms with Gasteiger partial charge in [-0.05, 0) is 36.2 Å². The van der Waals surface area contributed by atoms with Crippen LogP contribution in [-0.2, 0) is 6.42 Å². The number of halogens is 2. The van der Waals surface area contributed by atoms with Gasteiger partial charge in [0.25, 0.3) is 0 Å². The van der Waals surface area contributed by atoms with Gasteiger partial charge in [-0.2, -0.15) is 0 Å². The summed E-state index contributed by atoms with van der Waals surface area (Å²) >= 11 is 7.29. The van der Waals surface area contributed by atoms with Crippen LogP contribution in [0.1, 0.15) is 21.8 Å². The van der Waals surface area contributed by atoms with E-state index in [-0.39, 0.29) is 4.83 Å². The van der Waals surface area contributed by atoms with Crippen molar-refractivity contribution in [2.45, 2.75) is 18.2 Å². The minimum absolute atomic E-state index is 0.187. The average Bonchev–Trinajstić information content (AvgIpc) is 2.83. The molecule has 0 spiro atoms. The van der Waals surface area contributed by atoms with Gasteiger partial charge in [0.15, 0.2) is 11.5 Å². The zero-order chi connectivity index (χ0) is 14.1. The molecule has 0 fully saturated rings. The molecule has 0 radical (unpaired) electrons. The first-order valence-electron chi connectivity index (χ1n) is 6.38. The molecule has 0 saturated heterocycles. The Labute approximate surface area is 134 Å². The van der Waals surface area contributed by atoms with Gasteiger partial charge < -0.3 is 4.42 Å². The van der Waals surface area contributed by atoms with E-state index in [0.29, 0.717) is 0 Å². The first kappa shape index (κ1) is 13.8. The number of oxazole rings is 1. The van der Waals surface area contributed by atoms with E-state index in [0.717, 1.165) is 27.9 Å². The fourth-order valence-electron chi connectivity index (χ4n) is 2.08. The van der Waals surface area contributed by atoms with Gasteiger partial charge in [-0.1, -0.05) is 56.1 Å². The number of fused-ring (bicyclic) bond motifs is 1. The van der Waals surface area contributed by atoms with Crippen LogP contribution < -0.4 is 0 Å². The molecule has 0 amide bonds. The van der Waals surface area contributed by atoms with Crippen molar-refractivity contribution in [3.05, 3.63) is 64.0 Å². The predicted octanol–water partition coefficient (Wildman–Crippen LogP) is 5.58. The maximum Gasteiger partial charge on any atom is 0.196 e. The van der Waals surface area contributed by atoms with E-state index in [1.165, 1.54) is 11.1 Å². The number of aromatic nitrogens is 1. The van der Waals surface area contributed by atoms with E-state index in [1.54, 1.807) is 0 Å². The molecule has 4 heteroatoms. The van der Waals surface area contributed by atoms with Crippen LogP contribution in [0.25, 0.3) is 11.1 Å². The maximum absolute atomic E-state index is 5.76. The molecule has 2 aromatic carbocycles. The smallest absolute Gasteiger partial charge is 0.196 e. The lowest BCUT2D eigenvalue weighted by molar-refractivity contribution is 0.527. The molecule has 3 aromatic rings. The summed E-state index contributed by atoms with van der Waals surface area (Å²) < 4.78 is 6.88. The first-order chi connectivity index (χ1) is 9.63. The summed E-state index contributed by atoms with van der Waals surface area (Å²) in [7, 11) is 0. The number of hydrogen-bond acceptors (Lipinski definition) is 2. The highest BCUT2D eigenvalue weighted by Crippen LogP contribution is 2.30. The zero-order valence-corrected chi connectivity index (χ0v) is 14.1. The molecule has 1 aromatic heterocycles. The largest absolute Gasteiger partial charge is 0.441 e. The van der Waals surface area contributed by atoms with Crippen LogP contribution in [0.4, 0.5) is 0 Å². The number of hydrogen-bond donors (Lipinski definition) is 0. The third-order valence-corrected chi connectivity index (χ3v) is 4.96. The van der Waals surface area contributed by atoms with E-state index < -0.39 is 0 Å². The van der Waals surface area contributed by atoms with Gasteiger partial charge >= 0.3 is 0 Å². The minimum Gasteiger partial charge on any atom is -0.441 e. The van der Waals surface area contributed by atoms with Crippen LogP contribution in [-0.4, -0.2) is 4.98 Å². The lowest BCUT2D eigenvalue weighted by atomic mass is 10.1. The number of para-hydroxylation sites is 2. The fourth-order valence-corrected chi connectivity index (χ4v) is 3.04. The number of rotatable bonds is 3. The highest BCUT2D eigenvalue weighted by molar-refractivity contribution is 9.10. The van der Waals surface area contributed by atoms with Crippen molar-refractivity contribution in [2.24, 2.45) is 0 Å². The van der Waals surface area contributed by atoms with Crippen molar-refractivity contribution in [3.63, 3.8) is 0 Å². The number of aryl methyl sites for hydroxylation is 1. The summed E-state index contributed by atoms with van der Waals surface area (Å²) in [5, 5.41) is 0. The number of alkyl halides is 1. The summed E-state index contributed by atoms with van der Waals surface area (Å²) in [6.45, 7) is 2.08. The standard InChI is InChI=1S/C16H13Br2NO/c1-10-6-7-11(8-12(10)17)13(18)9-16-19-14-4-2-3-5-15(14)20-16/h2-8,13H,9H2,1H3. The predicted molar refractivity (Wildman–Crippen MR) is 88.3 cm³/mol. The average molecular weight is 395 g/mol. The summed E-state index contributed by atoms with van der Waals surface area (Å²) in [5.41, 5.74) is 4.19. The second kappa shape index (κ2) is 5.70. The molecule has 3 rings (SSSR count). The van der Waals surface area contributed by atoms with Crippen LogP contribution >= 0.6 is 31.9 Å². The van der Waals surface area contributed by atoms with E-state index >= 15 is 0 Å². The summed E-state index contributed by atoms with van der Waals surface area (Å²) in [6.07, 6.45) is 0.726. The molecule has 1 unspecified atom stereocenters. The van der Waals surface area contributed by atoms with Crippen LogP contribution in [0.5, 0.6) is 0 Å². The Morgan fingerprint density at radius 3 is 2.75 bits per heavy atom. The second-order valence-corrected chi connectivity index (χ2v) is 6.72. The molecule has 0 aliphatic heterocycles. The molecule has 20 heavy (non-hydrogen) atoms. The van der Waals surface area contributed by atoms with E-state index in [2.05, 4.69) is 62.0 Å². The summed E-state index contributed by atoms with van der Waals surface area (Å²) in [6, 6.07) is 14.2. The third kappa shape index (κ3) is 2.81. The molecule has 0 saturated carbocycles. The molecule has 0 aliphatic carbocycles. The van der Waals surface area contributed by atoms with Crippen LogP contribution in [0.3, 0.4) is 0 Å². The Bertz CT molecular complexity index is 718. The van der Waals surface area contributed by atoms with Crippen LogP contribution in [0.15, 0.2) is 51.4 Å². The fraction of sp³-hybridized carbons (Fsp3) is 0.188.